The van der Waals surface area contributed by atoms with Crippen LogP contribution in [0.15, 0.2) is 66.7 Å². The van der Waals surface area contributed by atoms with Crippen molar-refractivity contribution >= 4 is 40.8 Å². The summed E-state index contributed by atoms with van der Waals surface area (Å²) in [6.07, 6.45) is -22.3. The second-order valence-corrected chi connectivity index (χ2v) is 13.1. The standard InChI is InChI=1S/C27H19F11O7S2/c28-24(29,30)22(25(31,32)47(40,41)42)44-12-11-43-16-7-10-21-19(13-16)18-3-1-2-4-20(18)46(21)17-8-5-15(6-9-17)45-14-23(39,26(33,34)35)27(36,37)38/h1-10,13,22,39H,11-12,14H2. The van der Waals surface area contributed by atoms with E-state index in [9.17, 15) is 66.4 Å². The molecule has 0 spiro atoms. The van der Waals surface area contributed by atoms with Crippen molar-refractivity contribution in [2.24, 2.45) is 0 Å². The molecule has 0 aliphatic carbocycles. The van der Waals surface area contributed by atoms with Crippen LogP contribution < -0.4 is 9.47 Å². The minimum absolute atomic E-state index is 0.0323. The molecule has 2 atom stereocenters. The van der Waals surface area contributed by atoms with Crippen LogP contribution in [0.25, 0.3) is 25.1 Å². The summed E-state index contributed by atoms with van der Waals surface area (Å²) in [5.41, 5.74) is -5.11. The fraction of sp³-hybridized carbons (Fsp3) is 0.333. The van der Waals surface area contributed by atoms with Crippen LogP contribution in [0, 0.1) is 0 Å². The lowest BCUT2D eigenvalue weighted by atomic mass is 10.0. The van der Waals surface area contributed by atoms with Gasteiger partial charge in [-0.2, -0.15) is 48.3 Å². The molecule has 20 heteroatoms. The van der Waals surface area contributed by atoms with Gasteiger partial charge in [0.1, 0.15) is 24.7 Å². The zero-order valence-corrected chi connectivity index (χ0v) is 24.6. The number of hydrogen-bond donors (Lipinski definition) is 1. The van der Waals surface area contributed by atoms with E-state index >= 15 is 0 Å². The van der Waals surface area contributed by atoms with E-state index in [1.165, 1.54) is 24.3 Å². The number of benzene rings is 3. The third kappa shape index (κ3) is 7.20. The quantitative estimate of drug-likeness (QED) is 0.0742. The Morgan fingerprint density at radius 3 is 1.83 bits per heavy atom. The van der Waals surface area contributed by atoms with Crippen LogP contribution >= 0.6 is 10.5 Å². The van der Waals surface area contributed by atoms with Crippen LogP contribution in [0.2, 0.25) is 0 Å². The number of alkyl halides is 11. The smallest absolute Gasteiger partial charge is 0.429 e. The van der Waals surface area contributed by atoms with E-state index in [0.717, 1.165) is 16.8 Å². The predicted molar refractivity (Wildman–Crippen MR) is 144 cm³/mol. The van der Waals surface area contributed by atoms with E-state index in [2.05, 4.69) is 9.47 Å². The zero-order chi connectivity index (χ0) is 35.2. The summed E-state index contributed by atoms with van der Waals surface area (Å²) in [6.45, 7) is -4.11. The molecule has 3 aromatic carbocycles. The molecule has 0 amide bonds. The van der Waals surface area contributed by atoms with Crippen LogP contribution in [0.1, 0.15) is 0 Å². The van der Waals surface area contributed by atoms with Gasteiger partial charge in [-0.15, -0.1) is 0 Å². The summed E-state index contributed by atoms with van der Waals surface area (Å²) < 4.78 is 191. The number of hydrogen-bond acceptors (Lipinski definition) is 7. The van der Waals surface area contributed by atoms with E-state index < -0.39 is 81.6 Å². The van der Waals surface area contributed by atoms with Crippen LogP contribution in [-0.4, -0.2) is 73.4 Å². The minimum Gasteiger partial charge on any atom is -0.743 e. The van der Waals surface area contributed by atoms with Crippen molar-refractivity contribution in [1.82, 2.24) is 0 Å². The fourth-order valence-electron chi connectivity index (χ4n) is 4.25. The monoisotopic (exact) mass is 728 g/mol. The van der Waals surface area contributed by atoms with Crippen LogP contribution in [0.5, 0.6) is 11.5 Å². The summed E-state index contributed by atoms with van der Waals surface area (Å²) in [7, 11) is -7.62. The summed E-state index contributed by atoms with van der Waals surface area (Å²) in [5, 5.41) is 4.71. The largest absolute Gasteiger partial charge is 0.743 e. The summed E-state index contributed by atoms with van der Waals surface area (Å²) in [5.74, 6) is -0.369. The van der Waals surface area contributed by atoms with Gasteiger partial charge in [-0.25, -0.2) is 8.42 Å². The van der Waals surface area contributed by atoms with Crippen LogP contribution in [0.4, 0.5) is 48.3 Å². The lowest BCUT2D eigenvalue weighted by Crippen LogP contribution is -2.60. The highest BCUT2D eigenvalue weighted by Gasteiger charge is 2.71. The zero-order valence-electron chi connectivity index (χ0n) is 22.9. The molecule has 4 rings (SSSR count). The van der Waals surface area contributed by atoms with Crippen molar-refractivity contribution in [2.45, 2.75) is 35.5 Å². The lowest BCUT2D eigenvalue weighted by molar-refractivity contribution is -0.373. The second-order valence-electron chi connectivity index (χ2n) is 9.73. The Hall–Kier alpha value is -3.46. The van der Waals surface area contributed by atoms with Crippen molar-refractivity contribution in [3.8, 4) is 16.4 Å². The Morgan fingerprint density at radius 2 is 1.28 bits per heavy atom. The number of fused-ring (bicyclic) bond motifs is 3. The van der Waals surface area contributed by atoms with Gasteiger partial charge in [0.25, 0.3) is 5.60 Å². The maximum atomic E-state index is 13.6. The maximum absolute atomic E-state index is 13.6. The predicted octanol–water partition coefficient (Wildman–Crippen LogP) is 7.43. The number of halogens is 11. The van der Waals surface area contributed by atoms with Crippen molar-refractivity contribution in [2.75, 3.05) is 19.8 Å². The first kappa shape index (κ1) is 36.4. The topological polar surface area (TPSA) is 105 Å². The molecule has 0 bridgehead atoms. The van der Waals surface area contributed by atoms with Crippen LogP contribution in [-0.2, 0) is 14.9 Å². The van der Waals surface area contributed by atoms with E-state index in [1.807, 2.05) is 0 Å². The molecule has 258 valence electrons. The number of ether oxygens (including phenoxy) is 3. The van der Waals surface area contributed by atoms with E-state index in [-0.39, 0.29) is 5.75 Å². The van der Waals surface area contributed by atoms with Crippen molar-refractivity contribution < 1.29 is 80.6 Å². The summed E-state index contributed by atoms with van der Waals surface area (Å²) in [4.78, 5) is 0.542. The Kier molecular flexibility index (Phi) is 9.70. The first-order chi connectivity index (χ1) is 21.5. The average molecular weight is 729 g/mol. The Balaban J connectivity index is 1.55. The molecule has 1 heterocycles. The summed E-state index contributed by atoms with van der Waals surface area (Å²) >= 11 is 0. The molecule has 0 saturated carbocycles. The third-order valence-corrected chi connectivity index (χ3v) is 9.80. The number of aliphatic hydroxyl groups is 1. The van der Waals surface area contributed by atoms with E-state index in [4.69, 9.17) is 4.74 Å². The molecule has 1 N–H and O–H groups in total. The molecule has 0 aliphatic heterocycles. The highest BCUT2D eigenvalue weighted by Crippen LogP contribution is 2.49. The molecule has 0 aliphatic rings. The Bertz CT molecular complexity index is 1820. The molecule has 1 aromatic heterocycles. The molecule has 47 heavy (non-hydrogen) atoms. The highest BCUT2D eigenvalue weighted by atomic mass is 32.2. The van der Waals surface area contributed by atoms with Gasteiger partial charge in [0.05, 0.1) is 12.0 Å². The summed E-state index contributed by atoms with van der Waals surface area (Å²) in [6, 6.07) is 16.2. The SMILES string of the molecule is O=S(=O)([O-])C(F)(F)C(OCCOc1ccc2c(c1)c1ccccc1[s+]2-c1ccc(OCC(O)(C(F)(F)F)C(F)(F)F)cc1)C(F)(F)F. The molecular formula is C27H19F11O7S2. The highest BCUT2D eigenvalue weighted by molar-refractivity contribution is 7.86. The van der Waals surface area contributed by atoms with E-state index in [0.29, 0.717) is 20.4 Å². The normalized spacial score (nSPS) is 14.9. The van der Waals surface area contributed by atoms with Gasteiger partial charge < -0.3 is 23.9 Å². The minimum atomic E-state index is -6.73. The van der Waals surface area contributed by atoms with Gasteiger partial charge in [0.15, 0.2) is 24.4 Å². The average Bonchev–Trinajstić information content (AvgIpc) is 3.27. The van der Waals surface area contributed by atoms with E-state index in [1.54, 1.807) is 30.3 Å². The fourth-order valence-corrected chi connectivity index (χ4v) is 7.07. The first-order valence-electron chi connectivity index (χ1n) is 12.7. The van der Waals surface area contributed by atoms with Gasteiger partial charge in [0, 0.05) is 34.1 Å². The van der Waals surface area contributed by atoms with Crippen molar-refractivity contribution in [3.63, 3.8) is 0 Å². The molecule has 2 unspecified atom stereocenters. The lowest BCUT2D eigenvalue weighted by Gasteiger charge is -2.31. The van der Waals surface area contributed by atoms with Crippen LogP contribution in [0.3, 0.4) is 0 Å². The molecule has 7 nitrogen and oxygen atoms in total. The molecular weight excluding hydrogens is 709 g/mol. The first-order valence-corrected chi connectivity index (χ1v) is 15.3. The molecule has 0 fully saturated rings. The molecule has 0 saturated heterocycles. The van der Waals surface area contributed by atoms with Gasteiger partial charge in [-0.1, -0.05) is 12.1 Å². The third-order valence-electron chi connectivity index (χ3n) is 6.59. The van der Waals surface area contributed by atoms with Gasteiger partial charge in [-0.3, -0.25) is 0 Å². The number of thiophene rings is 1. The maximum Gasteiger partial charge on any atom is 0.429 e. The molecule has 4 aromatic rings. The van der Waals surface area contributed by atoms with Crippen molar-refractivity contribution in [3.05, 3.63) is 66.7 Å². The van der Waals surface area contributed by atoms with Gasteiger partial charge in [0.2, 0.25) is 6.10 Å². The Morgan fingerprint density at radius 1 is 0.723 bits per heavy atom. The van der Waals surface area contributed by atoms with Gasteiger partial charge >= 0.3 is 23.8 Å². The van der Waals surface area contributed by atoms with Crippen molar-refractivity contribution in [1.29, 1.82) is 0 Å². The van der Waals surface area contributed by atoms with Gasteiger partial charge in [-0.05, 0) is 36.4 Å². The second kappa shape index (κ2) is 12.5. The number of rotatable bonds is 11. The molecule has 0 radical (unpaired) electrons. The Labute approximate surface area is 259 Å².